The van der Waals surface area contributed by atoms with E-state index >= 15 is 0 Å². The maximum absolute atomic E-state index is 12.1. The van der Waals surface area contributed by atoms with Crippen LogP contribution in [-0.2, 0) is 4.79 Å². The van der Waals surface area contributed by atoms with Crippen molar-refractivity contribution in [2.24, 2.45) is 5.92 Å². The van der Waals surface area contributed by atoms with Gasteiger partial charge >= 0.3 is 0 Å². The van der Waals surface area contributed by atoms with E-state index in [1.165, 1.54) is 18.3 Å². The van der Waals surface area contributed by atoms with Crippen molar-refractivity contribution >= 4 is 28.3 Å². The number of carbonyl (C=O) groups excluding carboxylic acids is 2. The molecule has 19 heavy (non-hydrogen) atoms. The predicted octanol–water partition coefficient (Wildman–Crippen LogP) is 0.829. The molecule has 2 heterocycles. The third-order valence-electron chi connectivity index (χ3n) is 3.12. The third kappa shape index (κ3) is 3.74. The lowest BCUT2D eigenvalue weighted by molar-refractivity contribution is -0.114. The van der Waals surface area contributed by atoms with E-state index in [0.29, 0.717) is 16.7 Å². The summed E-state index contributed by atoms with van der Waals surface area (Å²) in [6.45, 7) is 5.36. The summed E-state index contributed by atoms with van der Waals surface area (Å²) >= 11 is 1.25. The molecule has 2 atom stereocenters. The maximum atomic E-state index is 12.1. The van der Waals surface area contributed by atoms with E-state index in [9.17, 15) is 9.59 Å². The molecule has 1 aliphatic heterocycles. The Hall–Kier alpha value is -1.47. The van der Waals surface area contributed by atoms with Crippen molar-refractivity contribution in [3.8, 4) is 0 Å². The highest BCUT2D eigenvalue weighted by atomic mass is 32.1. The van der Waals surface area contributed by atoms with Gasteiger partial charge in [0.25, 0.3) is 5.91 Å². The minimum Gasteiger partial charge on any atom is -0.348 e. The zero-order valence-electron chi connectivity index (χ0n) is 11.0. The van der Waals surface area contributed by atoms with Crippen molar-refractivity contribution in [1.82, 2.24) is 15.6 Å². The second kappa shape index (κ2) is 6.12. The van der Waals surface area contributed by atoms with Gasteiger partial charge in [0.1, 0.15) is 5.69 Å². The number of aromatic nitrogens is 1. The van der Waals surface area contributed by atoms with Gasteiger partial charge in [-0.25, -0.2) is 4.98 Å². The quantitative estimate of drug-likeness (QED) is 0.767. The van der Waals surface area contributed by atoms with Gasteiger partial charge < -0.3 is 16.0 Å². The predicted molar refractivity (Wildman–Crippen MR) is 74.3 cm³/mol. The Balaban J connectivity index is 1.95. The van der Waals surface area contributed by atoms with E-state index in [2.05, 4.69) is 27.9 Å². The number of rotatable bonds is 3. The maximum Gasteiger partial charge on any atom is 0.271 e. The summed E-state index contributed by atoms with van der Waals surface area (Å²) < 4.78 is 0. The highest BCUT2D eigenvalue weighted by Gasteiger charge is 2.23. The normalized spacial score (nSPS) is 22.8. The van der Waals surface area contributed by atoms with Crippen molar-refractivity contribution in [1.29, 1.82) is 0 Å². The molecule has 3 N–H and O–H groups in total. The minimum absolute atomic E-state index is 0.174. The monoisotopic (exact) mass is 282 g/mol. The molecule has 1 aromatic rings. The molecule has 0 aromatic carbocycles. The van der Waals surface area contributed by atoms with Crippen molar-refractivity contribution in [2.45, 2.75) is 26.3 Å². The summed E-state index contributed by atoms with van der Waals surface area (Å²) in [4.78, 5) is 27.1. The van der Waals surface area contributed by atoms with Gasteiger partial charge in [-0.1, -0.05) is 6.92 Å². The first-order valence-electron chi connectivity index (χ1n) is 6.31. The Morgan fingerprint density at radius 3 is 3.00 bits per heavy atom. The summed E-state index contributed by atoms with van der Waals surface area (Å²) in [5.41, 5.74) is 0.361. The van der Waals surface area contributed by atoms with Crippen molar-refractivity contribution in [3.63, 3.8) is 0 Å². The number of hydrogen-bond donors (Lipinski definition) is 3. The zero-order valence-corrected chi connectivity index (χ0v) is 11.8. The largest absolute Gasteiger partial charge is 0.348 e. The molecule has 1 saturated heterocycles. The summed E-state index contributed by atoms with van der Waals surface area (Å²) in [5, 5.41) is 11.0. The molecule has 104 valence electrons. The van der Waals surface area contributed by atoms with Gasteiger partial charge in [0.2, 0.25) is 5.91 Å². The molecular formula is C12H18N4O2S. The van der Waals surface area contributed by atoms with Crippen LogP contribution in [0.25, 0.3) is 0 Å². The number of nitrogens with zero attached hydrogens (tertiary/aromatic N) is 1. The molecule has 1 aromatic heterocycles. The van der Waals surface area contributed by atoms with Crippen LogP contribution in [-0.4, -0.2) is 35.9 Å². The van der Waals surface area contributed by atoms with Gasteiger partial charge in [-0.05, 0) is 25.4 Å². The van der Waals surface area contributed by atoms with Crippen LogP contribution in [0, 0.1) is 5.92 Å². The van der Waals surface area contributed by atoms with Crippen LogP contribution >= 0.6 is 11.3 Å². The fourth-order valence-electron chi connectivity index (χ4n) is 2.06. The number of hydrogen-bond acceptors (Lipinski definition) is 5. The van der Waals surface area contributed by atoms with Crippen LogP contribution in [0.15, 0.2) is 5.38 Å². The lowest BCUT2D eigenvalue weighted by Crippen LogP contribution is -2.48. The molecule has 7 heteroatoms. The smallest absolute Gasteiger partial charge is 0.271 e. The number of thiazole rings is 1. The Morgan fingerprint density at radius 1 is 1.53 bits per heavy atom. The molecule has 0 aliphatic carbocycles. The van der Waals surface area contributed by atoms with Crippen LogP contribution in [0.4, 0.5) is 5.13 Å². The molecule has 0 saturated carbocycles. The van der Waals surface area contributed by atoms with Gasteiger partial charge in [0, 0.05) is 18.3 Å². The molecule has 1 fully saturated rings. The van der Waals surface area contributed by atoms with E-state index in [4.69, 9.17) is 0 Å². The van der Waals surface area contributed by atoms with E-state index in [1.807, 2.05) is 0 Å². The van der Waals surface area contributed by atoms with Gasteiger partial charge in [-0.2, -0.15) is 0 Å². The summed E-state index contributed by atoms with van der Waals surface area (Å²) in [5.74, 6) is 0.0473. The van der Waals surface area contributed by atoms with E-state index in [1.54, 1.807) is 5.38 Å². The van der Waals surface area contributed by atoms with Crippen LogP contribution in [0.5, 0.6) is 0 Å². The fourth-order valence-corrected chi connectivity index (χ4v) is 2.79. The first-order chi connectivity index (χ1) is 9.06. The van der Waals surface area contributed by atoms with Crippen molar-refractivity contribution < 1.29 is 9.59 Å². The SMILES string of the molecule is CC(=O)Nc1nc(C(=O)NC2CCNCC2C)cs1. The number of piperidine rings is 1. The molecule has 2 rings (SSSR count). The summed E-state index contributed by atoms with van der Waals surface area (Å²) in [6, 6.07) is 0.180. The fraction of sp³-hybridized carbons (Fsp3) is 0.583. The van der Waals surface area contributed by atoms with Crippen molar-refractivity contribution in [3.05, 3.63) is 11.1 Å². The Labute approximate surface area is 116 Å². The Bertz CT molecular complexity index is 474. The Morgan fingerprint density at radius 2 is 2.32 bits per heavy atom. The van der Waals surface area contributed by atoms with Crippen LogP contribution in [0.1, 0.15) is 30.8 Å². The van der Waals surface area contributed by atoms with Gasteiger partial charge in [-0.3, -0.25) is 9.59 Å². The molecule has 6 nitrogen and oxygen atoms in total. The van der Waals surface area contributed by atoms with E-state index < -0.39 is 0 Å². The average molecular weight is 282 g/mol. The topological polar surface area (TPSA) is 83.1 Å². The van der Waals surface area contributed by atoms with Crippen LogP contribution < -0.4 is 16.0 Å². The number of carbonyl (C=O) groups is 2. The summed E-state index contributed by atoms with van der Waals surface area (Å²) in [7, 11) is 0. The molecular weight excluding hydrogens is 264 g/mol. The molecule has 2 unspecified atom stereocenters. The molecule has 0 bridgehead atoms. The lowest BCUT2D eigenvalue weighted by atomic mass is 9.95. The van der Waals surface area contributed by atoms with Crippen LogP contribution in [0.3, 0.4) is 0 Å². The second-order valence-corrected chi connectivity index (χ2v) is 5.63. The standard InChI is InChI=1S/C12H18N4O2S/c1-7-5-13-4-3-9(7)15-11(18)10-6-19-12(16-10)14-8(2)17/h6-7,9,13H,3-5H2,1-2H3,(H,15,18)(H,14,16,17). The van der Waals surface area contributed by atoms with E-state index in [0.717, 1.165) is 19.5 Å². The number of nitrogens with one attached hydrogen (secondary N) is 3. The Kier molecular flexibility index (Phi) is 4.49. The molecule has 1 aliphatic rings. The van der Waals surface area contributed by atoms with Gasteiger partial charge in [0.05, 0.1) is 0 Å². The second-order valence-electron chi connectivity index (χ2n) is 4.77. The number of anilines is 1. The molecule has 2 amide bonds. The third-order valence-corrected chi connectivity index (χ3v) is 3.88. The van der Waals surface area contributed by atoms with Crippen LogP contribution in [0.2, 0.25) is 0 Å². The zero-order chi connectivity index (χ0) is 13.8. The molecule has 0 spiro atoms. The van der Waals surface area contributed by atoms with Crippen molar-refractivity contribution in [2.75, 3.05) is 18.4 Å². The van der Waals surface area contributed by atoms with Gasteiger partial charge in [0.15, 0.2) is 5.13 Å². The first kappa shape index (κ1) is 14.0. The first-order valence-corrected chi connectivity index (χ1v) is 7.19. The van der Waals surface area contributed by atoms with E-state index in [-0.39, 0.29) is 17.9 Å². The highest BCUT2D eigenvalue weighted by molar-refractivity contribution is 7.14. The van der Waals surface area contributed by atoms with Gasteiger partial charge in [-0.15, -0.1) is 11.3 Å². The number of amides is 2. The molecule has 0 radical (unpaired) electrons. The minimum atomic E-state index is -0.187. The average Bonchev–Trinajstić information content (AvgIpc) is 2.79. The highest BCUT2D eigenvalue weighted by Crippen LogP contribution is 2.16. The summed E-state index contributed by atoms with van der Waals surface area (Å²) in [6.07, 6.45) is 0.926. The lowest BCUT2D eigenvalue weighted by Gasteiger charge is -2.29.